The van der Waals surface area contributed by atoms with Gasteiger partial charge in [-0.25, -0.2) is 8.78 Å². The van der Waals surface area contributed by atoms with E-state index < -0.39 is 11.6 Å². The normalized spacial score (nSPS) is 10.6. The third-order valence-corrected chi connectivity index (χ3v) is 3.08. The Morgan fingerprint density at radius 3 is 2.65 bits per heavy atom. The fourth-order valence-electron chi connectivity index (χ4n) is 1.47. The van der Waals surface area contributed by atoms with E-state index in [9.17, 15) is 8.78 Å². The molecule has 1 heterocycles. The molecule has 17 heavy (non-hydrogen) atoms. The van der Waals surface area contributed by atoms with Gasteiger partial charge in [-0.2, -0.15) is 0 Å². The number of ether oxygens (including phenoxy) is 1. The van der Waals surface area contributed by atoms with Crippen LogP contribution in [0.2, 0.25) is 0 Å². The number of nitrogens with zero attached hydrogens (tertiary/aromatic N) is 2. The van der Waals surface area contributed by atoms with E-state index in [2.05, 4.69) is 14.9 Å². The number of halogens is 2. The largest absolute Gasteiger partial charge is 0.491 e. The van der Waals surface area contributed by atoms with E-state index in [0.29, 0.717) is 10.6 Å². The van der Waals surface area contributed by atoms with Crippen LogP contribution in [0.5, 0.6) is 5.75 Å². The molecular weight excluding hydrogens is 246 g/mol. The van der Waals surface area contributed by atoms with E-state index >= 15 is 0 Å². The minimum Gasteiger partial charge on any atom is -0.491 e. The summed E-state index contributed by atoms with van der Waals surface area (Å²) in [5.74, 6) is -1.74. The third-order valence-electron chi connectivity index (χ3n) is 2.24. The Labute approximate surface area is 101 Å². The van der Waals surface area contributed by atoms with Gasteiger partial charge in [0, 0.05) is 6.42 Å². The molecule has 0 radical (unpaired) electrons. The summed E-state index contributed by atoms with van der Waals surface area (Å²) in [6.45, 7) is 1.82. The van der Waals surface area contributed by atoms with Crippen LogP contribution in [0, 0.1) is 18.6 Å². The minimum atomic E-state index is -0.706. The molecule has 0 unspecified atom stereocenters. The third kappa shape index (κ3) is 2.41. The molecule has 2 rings (SSSR count). The molecule has 0 atom stereocenters. The van der Waals surface area contributed by atoms with Crippen molar-refractivity contribution in [3.8, 4) is 5.75 Å². The highest BCUT2D eigenvalue weighted by atomic mass is 32.1. The molecule has 0 fully saturated rings. The lowest BCUT2D eigenvalue weighted by molar-refractivity contribution is 0.358. The van der Waals surface area contributed by atoms with Gasteiger partial charge in [0.05, 0.1) is 7.11 Å². The van der Waals surface area contributed by atoms with E-state index in [1.54, 1.807) is 0 Å². The van der Waals surface area contributed by atoms with Crippen molar-refractivity contribution in [1.29, 1.82) is 0 Å². The fraction of sp³-hybridized carbons (Fsp3) is 0.273. The van der Waals surface area contributed by atoms with Crippen LogP contribution in [0.25, 0.3) is 0 Å². The molecule has 0 saturated heterocycles. The maximum atomic E-state index is 13.8. The molecule has 0 aliphatic rings. The van der Waals surface area contributed by atoms with Crippen molar-refractivity contribution in [3.63, 3.8) is 0 Å². The number of aryl methyl sites for hydroxylation is 1. The van der Waals surface area contributed by atoms with Crippen LogP contribution >= 0.6 is 11.3 Å². The summed E-state index contributed by atoms with van der Waals surface area (Å²) in [5, 5.41) is 9.24. The van der Waals surface area contributed by atoms with Crippen LogP contribution in [-0.2, 0) is 6.42 Å². The Hall–Kier alpha value is -1.56. The standard InChI is InChI=1S/C11H10F2N2OS/c1-6-14-15-9(17-6)5-7-3-4-8(12)11(16-2)10(7)13/h3-4H,5H2,1-2H3. The summed E-state index contributed by atoms with van der Waals surface area (Å²) in [5.41, 5.74) is 0.347. The second-order valence-corrected chi connectivity index (χ2v) is 4.71. The highest BCUT2D eigenvalue weighted by molar-refractivity contribution is 7.11. The molecule has 3 nitrogen and oxygen atoms in total. The van der Waals surface area contributed by atoms with E-state index in [-0.39, 0.29) is 12.2 Å². The zero-order chi connectivity index (χ0) is 12.4. The number of benzene rings is 1. The molecular formula is C11H10F2N2OS. The average molecular weight is 256 g/mol. The Morgan fingerprint density at radius 2 is 2.06 bits per heavy atom. The lowest BCUT2D eigenvalue weighted by Crippen LogP contribution is -1.99. The maximum Gasteiger partial charge on any atom is 0.190 e. The van der Waals surface area contributed by atoms with Crippen LogP contribution in [0.1, 0.15) is 15.6 Å². The predicted molar refractivity (Wildman–Crippen MR) is 60.4 cm³/mol. The molecule has 0 aliphatic heterocycles. The van der Waals surface area contributed by atoms with Gasteiger partial charge in [-0.15, -0.1) is 21.5 Å². The highest BCUT2D eigenvalue weighted by Gasteiger charge is 2.15. The highest BCUT2D eigenvalue weighted by Crippen LogP contribution is 2.26. The van der Waals surface area contributed by atoms with Crippen molar-refractivity contribution in [2.75, 3.05) is 7.11 Å². The Morgan fingerprint density at radius 1 is 1.29 bits per heavy atom. The van der Waals surface area contributed by atoms with E-state index in [1.807, 2.05) is 6.92 Å². The molecule has 0 spiro atoms. The summed E-state index contributed by atoms with van der Waals surface area (Å²) in [6.07, 6.45) is 0.286. The van der Waals surface area contributed by atoms with Crippen molar-refractivity contribution in [2.24, 2.45) is 0 Å². The second-order valence-electron chi connectivity index (χ2n) is 3.45. The second kappa shape index (κ2) is 4.75. The van der Waals surface area contributed by atoms with Gasteiger partial charge in [0.1, 0.15) is 10.0 Å². The van der Waals surface area contributed by atoms with Gasteiger partial charge in [-0.3, -0.25) is 0 Å². The van der Waals surface area contributed by atoms with Crippen LogP contribution in [0.15, 0.2) is 12.1 Å². The SMILES string of the molecule is COc1c(F)ccc(Cc2nnc(C)s2)c1F. The van der Waals surface area contributed by atoms with Crippen LogP contribution < -0.4 is 4.74 Å². The van der Waals surface area contributed by atoms with Gasteiger partial charge >= 0.3 is 0 Å². The monoisotopic (exact) mass is 256 g/mol. The molecule has 6 heteroatoms. The maximum absolute atomic E-state index is 13.8. The van der Waals surface area contributed by atoms with Crippen LogP contribution in [0.3, 0.4) is 0 Å². The van der Waals surface area contributed by atoms with E-state index in [0.717, 1.165) is 5.01 Å². The van der Waals surface area contributed by atoms with Crippen molar-refractivity contribution >= 4 is 11.3 Å². The average Bonchev–Trinajstić information content (AvgIpc) is 2.69. The predicted octanol–water partition coefficient (Wildman–Crippen LogP) is 2.72. The van der Waals surface area contributed by atoms with E-state index in [1.165, 1.54) is 30.6 Å². The first-order chi connectivity index (χ1) is 8.11. The molecule has 0 bridgehead atoms. The molecule has 2 aromatic rings. The first-order valence-electron chi connectivity index (χ1n) is 4.91. The number of methoxy groups -OCH3 is 1. The van der Waals surface area contributed by atoms with Gasteiger partial charge in [-0.1, -0.05) is 6.07 Å². The zero-order valence-corrected chi connectivity index (χ0v) is 10.1. The smallest absolute Gasteiger partial charge is 0.190 e. The van der Waals surface area contributed by atoms with Crippen molar-refractivity contribution in [2.45, 2.75) is 13.3 Å². The lowest BCUT2D eigenvalue weighted by atomic mass is 10.1. The van der Waals surface area contributed by atoms with Gasteiger partial charge in [0.2, 0.25) is 0 Å². The Kier molecular flexibility index (Phi) is 3.33. The molecule has 0 amide bonds. The van der Waals surface area contributed by atoms with Crippen LogP contribution in [0.4, 0.5) is 8.78 Å². The topological polar surface area (TPSA) is 35.0 Å². The lowest BCUT2D eigenvalue weighted by Gasteiger charge is -2.06. The van der Waals surface area contributed by atoms with Crippen molar-refractivity contribution in [1.82, 2.24) is 10.2 Å². The van der Waals surface area contributed by atoms with Crippen molar-refractivity contribution < 1.29 is 13.5 Å². The molecule has 0 N–H and O–H groups in total. The summed E-state index contributed by atoms with van der Waals surface area (Å²) >= 11 is 1.39. The number of aromatic nitrogens is 2. The fourth-order valence-corrected chi connectivity index (χ4v) is 2.20. The molecule has 1 aromatic heterocycles. The number of hydrogen-bond acceptors (Lipinski definition) is 4. The Bertz CT molecular complexity index is 542. The molecule has 90 valence electrons. The van der Waals surface area contributed by atoms with E-state index in [4.69, 9.17) is 0 Å². The van der Waals surface area contributed by atoms with Gasteiger partial charge < -0.3 is 4.74 Å². The zero-order valence-electron chi connectivity index (χ0n) is 9.33. The number of hydrogen-bond donors (Lipinski definition) is 0. The first-order valence-corrected chi connectivity index (χ1v) is 5.73. The van der Waals surface area contributed by atoms with Gasteiger partial charge in [0.15, 0.2) is 17.4 Å². The summed E-state index contributed by atoms with van der Waals surface area (Å²) in [6, 6.07) is 2.58. The first kappa shape index (κ1) is 11.9. The van der Waals surface area contributed by atoms with Crippen LogP contribution in [-0.4, -0.2) is 17.3 Å². The Balaban J connectivity index is 2.33. The molecule has 0 aliphatic carbocycles. The van der Waals surface area contributed by atoms with Gasteiger partial charge in [-0.05, 0) is 18.6 Å². The quantitative estimate of drug-likeness (QED) is 0.847. The summed E-state index contributed by atoms with van der Waals surface area (Å²) in [4.78, 5) is 0. The molecule has 0 saturated carbocycles. The minimum absolute atomic E-state index is 0.286. The summed E-state index contributed by atoms with van der Waals surface area (Å²) in [7, 11) is 1.24. The summed E-state index contributed by atoms with van der Waals surface area (Å²) < 4.78 is 31.7. The number of rotatable bonds is 3. The van der Waals surface area contributed by atoms with Crippen molar-refractivity contribution in [3.05, 3.63) is 39.3 Å². The van der Waals surface area contributed by atoms with Gasteiger partial charge in [0.25, 0.3) is 0 Å². The molecule has 1 aromatic carbocycles.